The highest BCUT2D eigenvalue weighted by molar-refractivity contribution is 6.04. The lowest BCUT2D eigenvalue weighted by atomic mass is 9.71. The number of carbonyl (C=O) groups excluding carboxylic acids is 1. The van der Waals surface area contributed by atoms with Crippen LogP contribution in [0.5, 0.6) is 5.75 Å². The fraction of sp³-hybridized carbons (Fsp3) is 0.200. The van der Waals surface area contributed by atoms with Gasteiger partial charge in [-0.2, -0.15) is 0 Å². The number of anilines is 1. The van der Waals surface area contributed by atoms with Gasteiger partial charge in [-0.3, -0.25) is 9.78 Å². The molecule has 0 unspecified atom stereocenters. The molecule has 1 aliphatic carbocycles. The second-order valence-corrected chi connectivity index (χ2v) is 8.99. The molecule has 6 rings (SSSR count). The van der Waals surface area contributed by atoms with Gasteiger partial charge in [0.05, 0.1) is 12.1 Å². The molecule has 4 heteroatoms. The van der Waals surface area contributed by atoms with Gasteiger partial charge in [0.15, 0.2) is 5.78 Å². The fourth-order valence-electron chi connectivity index (χ4n) is 5.50. The van der Waals surface area contributed by atoms with Crippen molar-refractivity contribution in [2.75, 3.05) is 11.9 Å². The number of ether oxygens (including phenoxy) is 1. The summed E-state index contributed by atoms with van der Waals surface area (Å²) in [6.07, 6.45) is 3.16. The average Bonchev–Trinajstić information content (AvgIpc) is 2.88. The molecule has 0 spiro atoms. The van der Waals surface area contributed by atoms with Crippen molar-refractivity contribution in [3.63, 3.8) is 0 Å². The smallest absolute Gasteiger partial charge is 0.162 e. The summed E-state index contributed by atoms with van der Waals surface area (Å²) in [5, 5.41) is 4.74. The molecule has 4 nitrogen and oxygen atoms in total. The van der Waals surface area contributed by atoms with Gasteiger partial charge in [0.2, 0.25) is 0 Å². The van der Waals surface area contributed by atoms with Crippen molar-refractivity contribution in [3.8, 4) is 5.75 Å². The predicted octanol–water partition coefficient (Wildman–Crippen LogP) is 6.59. The Morgan fingerprint density at radius 2 is 1.74 bits per heavy atom. The first-order valence-corrected chi connectivity index (χ1v) is 11.9. The molecule has 3 aromatic carbocycles. The van der Waals surface area contributed by atoms with Crippen LogP contribution in [0.3, 0.4) is 0 Å². The molecule has 1 aromatic heterocycles. The predicted molar refractivity (Wildman–Crippen MR) is 135 cm³/mol. The summed E-state index contributed by atoms with van der Waals surface area (Å²) in [5.74, 6) is 1.10. The number of hydrogen-bond donors (Lipinski definition) is 1. The lowest BCUT2D eigenvalue weighted by molar-refractivity contribution is -0.116. The Morgan fingerprint density at radius 3 is 2.53 bits per heavy atom. The summed E-state index contributed by atoms with van der Waals surface area (Å²) in [6, 6.07) is 26.8. The van der Waals surface area contributed by atoms with E-state index >= 15 is 0 Å². The molecule has 34 heavy (non-hydrogen) atoms. The Kier molecular flexibility index (Phi) is 5.14. The molecule has 0 saturated carbocycles. The standard InChI is InChI=1S/C30H26N2O2/c1-2-34-22-12-10-20(11-13-22)28-29-23-9-6-16-31-24(23)14-15-25(29)32-26-17-21(18-27(33)30(26)28)19-7-4-3-5-8-19/h3-16,21,28,32H,2,17-18H2,1H3/t21-,28-/m0/s1. The molecule has 0 radical (unpaired) electrons. The Balaban J connectivity index is 1.52. The lowest BCUT2D eigenvalue weighted by Gasteiger charge is -2.37. The quantitative estimate of drug-likeness (QED) is 0.384. The van der Waals surface area contributed by atoms with E-state index in [4.69, 9.17) is 4.74 Å². The van der Waals surface area contributed by atoms with Gasteiger partial charge in [-0.25, -0.2) is 0 Å². The van der Waals surface area contributed by atoms with E-state index in [2.05, 4.69) is 64.9 Å². The summed E-state index contributed by atoms with van der Waals surface area (Å²) >= 11 is 0. The monoisotopic (exact) mass is 446 g/mol. The highest BCUT2D eigenvalue weighted by atomic mass is 16.5. The SMILES string of the molecule is CCOc1ccc([C@@H]2C3=C(C[C@H](c4ccccc4)CC3=O)Nc3ccc4ncccc4c32)cc1. The third-order valence-electron chi connectivity index (χ3n) is 6.99. The second kappa shape index (κ2) is 8.45. The normalized spacial score (nSPS) is 19.4. The topological polar surface area (TPSA) is 51.2 Å². The minimum absolute atomic E-state index is 0.140. The highest BCUT2D eigenvalue weighted by Crippen LogP contribution is 2.50. The number of carbonyl (C=O) groups is 1. The number of pyridine rings is 1. The van der Waals surface area contributed by atoms with Gasteiger partial charge in [-0.1, -0.05) is 48.5 Å². The van der Waals surface area contributed by atoms with Gasteiger partial charge in [-0.05, 0) is 66.3 Å². The maximum absolute atomic E-state index is 13.8. The molecule has 2 aliphatic rings. The molecule has 4 aromatic rings. The van der Waals surface area contributed by atoms with E-state index in [1.54, 1.807) is 0 Å². The van der Waals surface area contributed by atoms with Gasteiger partial charge in [0.1, 0.15) is 5.75 Å². The summed E-state index contributed by atoms with van der Waals surface area (Å²) in [6.45, 7) is 2.61. The van der Waals surface area contributed by atoms with Crippen LogP contribution < -0.4 is 10.1 Å². The number of nitrogens with one attached hydrogen (secondary N) is 1. The summed E-state index contributed by atoms with van der Waals surface area (Å²) in [4.78, 5) is 18.4. The van der Waals surface area contributed by atoms with E-state index in [1.165, 1.54) is 5.56 Å². The van der Waals surface area contributed by atoms with Crippen LogP contribution >= 0.6 is 0 Å². The van der Waals surface area contributed by atoms with E-state index in [0.717, 1.165) is 51.2 Å². The number of ketones is 1. The largest absolute Gasteiger partial charge is 0.494 e. The van der Waals surface area contributed by atoms with Crippen molar-refractivity contribution in [2.24, 2.45) is 0 Å². The van der Waals surface area contributed by atoms with Crippen LogP contribution in [-0.2, 0) is 4.79 Å². The molecule has 0 saturated heterocycles. The van der Waals surface area contributed by atoms with E-state index < -0.39 is 0 Å². The molecule has 1 N–H and O–H groups in total. The number of nitrogens with zero attached hydrogens (tertiary/aromatic N) is 1. The first-order chi connectivity index (χ1) is 16.7. The summed E-state index contributed by atoms with van der Waals surface area (Å²) < 4.78 is 5.68. The van der Waals surface area contributed by atoms with E-state index in [0.29, 0.717) is 13.0 Å². The van der Waals surface area contributed by atoms with E-state index in [9.17, 15) is 4.79 Å². The molecule has 168 valence electrons. The molecular formula is C30H26N2O2. The van der Waals surface area contributed by atoms with Crippen molar-refractivity contribution >= 4 is 22.4 Å². The average molecular weight is 447 g/mol. The third kappa shape index (κ3) is 3.47. The van der Waals surface area contributed by atoms with Crippen LogP contribution in [-0.4, -0.2) is 17.4 Å². The van der Waals surface area contributed by atoms with Crippen LogP contribution in [0.1, 0.15) is 48.3 Å². The van der Waals surface area contributed by atoms with Crippen molar-refractivity contribution in [1.29, 1.82) is 0 Å². The molecule has 2 atom stereocenters. The van der Waals surface area contributed by atoms with Gasteiger partial charge in [0.25, 0.3) is 0 Å². The first kappa shape index (κ1) is 20.7. The Bertz CT molecular complexity index is 1410. The van der Waals surface area contributed by atoms with Crippen LogP contribution in [0.4, 0.5) is 5.69 Å². The number of fused-ring (bicyclic) bond motifs is 3. The van der Waals surface area contributed by atoms with Gasteiger partial charge in [0, 0.05) is 40.9 Å². The zero-order chi connectivity index (χ0) is 23.1. The highest BCUT2D eigenvalue weighted by Gasteiger charge is 2.39. The van der Waals surface area contributed by atoms with Crippen molar-refractivity contribution in [3.05, 3.63) is 113 Å². The van der Waals surface area contributed by atoms with E-state index in [-0.39, 0.29) is 17.6 Å². The van der Waals surface area contributed by atoms with Gasteiger partial charge in [-0.15, -0.1) is 0 Å². The summed E-state index contributed by atoms with van der Waals surface area (Å²) in [5.41, 5.74) is 7.37. The Labute approximate surface area is 199 Å². The number of rotatable bonds is 4. The molecule has 0 bridgehead atoms. The van der Waals surface area contributed by atoms with Crippen molar-refractivity contribution in [2.45, 2.75) is 31.6 Å². The van der Waals surface area contributed by atoms with Crippen LogP contribution in [0.15, 0.2) is 96.3 Å². The zero-order valence-corrected chi connectivity index (χ0v) is 19.1. The zero-order valence-electron chi connectivity index (χ0n) is 19.1. The minimum Gasteiger partial charge on any atom is -0.494 e. The maximum Gasteiger partial charge on any atom is 0.162 e. The minimum atomic E-state index is -0.140. The van der Waals surface area contributed by atoms with Crippen LogP contribution in [0.2, 0.25) is 0 Å². The van der Waals surface area contributed by atoms with Crippen molar-refractivity contribution < 1.29 is 9.53 Å². The third-order valence-corrected chi connectivity index (χ3v) is 6.99. The molecule has 2 heterocycles. The van der Waals surface area contributed by atoms with Crippen LogP contribution in [0, 0.1) is 0 Å². The molecule has 0 amide bonds. The fourth-order valence-corrected chi connectivity index (χ4v) is 5.50. The number of hydrogen-bond acceptors (Lipinski definition) is 4. The molecular weight excluding hydrogens is 420 g/mol. The number of allylic oxidation sites excluding steroid dienone is 2. The Morgan fingerprint density at radius 1 is 0.912 bits per heavy atom. The summed E-state index contributed by atoms with van der Waals surface area (Å²) in [7, 11) is 0. The molecule has 1 aliphatic heterocycles. The number of aromatic nitrogens is 1. The lowest BCUT2D eigenvalue weighted by Crippen LogP contribution is -2.30. The van der Waals surface area contributed by atoms with Gasteiger partial charge >= 0.3 is 0 Å². The second-order valence-electron chi connectivity index (χ2n) is 8.99. The Hall–Kier alpha value is -3.92. The van der Waals surface area contributed by atoms with Crippen molar-refractivity contribution in [1.82, 2.24) is 4.98 Å². The van der Waals surface area contributed by atoms with Gasteiger partial charge < -0.3 is 10.1 Å². The maximum atomic E-state index is 13.8. The van der Waals surface area contributed by atoms with Crippen LogP contribution in [0.25, 0.3) is 10.9 Å². The number of Topliss-reactive ketones (excluding diaryl/α,β-unsaturated/α-hetero) is 1. The molecule has 0 fully saturated rings. The number of benzene rings is 3. The van der Waals surface area contributed by atoms with E-state index in [1.807, 2.05) is 37.4 Å². The first-order valence-electron chi connectivity index (χ1n) is 11.9.